The summed E-state index contributed by atoms with van der Waals surface area (Å²) in [6.07, 6.45) is 12.5. The van der Waals surface area contributed by atoms with E-state index in [0.717, 1.165) is 57.8 Å². The van der Waals surface area contributed by atoms with Gasteiger partial charge in [-0.25, -0.2) is 0 Å². The number of Topliss-reactive ketones (excluding diaryl/α,β-unsaturated/α-hetero) is 2. The zero-order valence-corrected chi connectivity index (χ0v) is 18.5. The number of hydrogen-bond donors (Lipinski definition) is 1. The van der Waals surface area contributed by atoms with Crippen LogP contribution in [-0.4, -0.2) is 22.8 Å². The Kier molecular flexibility index (Phi) is 4.66. The molecule has 4 saturated carbocycles. The van der Waals surface area contributed by atoms with Crippen molar-refractivity contribution in [2.45, 2.75) is 91.1 Å². The van der Waals surface area contributed by atoms with E-state index in [1.165, 1.54) is 12.0 Å². The third kappa shape index (κ3) is 2.78. The lowest BCUT2D eigenvalue weighted by Gasteiger charge is -2.57. The van der Waals surface area contributed by atoms with Gasteiger partial charge in [0.15, 0.2) is 0 Å². The number of ketones is 2. The molecule has 0 radical (unpaired) electrons. The Morgan fingerprint density at radius 2 is 1.90 bits per heavy atom. The molecule has 5 aliphatic carbocycles. The predicted octanol–water partition coefficient (Wildman–Crippen LogP) is 5.11. The Hall–Kier alpha value is -0.960. The molecule has 160 valence electrons. The van der Waals surface area contributed by atoms with Crippen molar-refractivity contribution in [1.82, 2.24) is 0 Å². The maximum atomic E-state index is 12.9. The Labute approximate surface area is 175 Å². The second kappa shape index (κ2) is 6.77. The van der Waals surface area contributed by atoms with Gasteiger partial charge >= 0.3 is 0 Å². The van der Waals surface area contributed by atoms with Gasteiger partial charge in [0.1, 0.15) is 11.6 Å². The number of aliphatic hydroxyl groups is 1. The molecular weight excluding hydrogens is 360 g/mol. The summed E-state index contributed by atoms with van der Waals surface area (Å²) in [7, 11) is 0. The fourth-order valence-electron chi connectivity index (χ4n) is 9.20. The smallest absolute Gasteiger partial charge is 0.136 e. The van der Waals surface area contributed by atoms with Gasteiger partial charge in [0.2, 0.25) is 0 Å². The van der Waals surface area contributed by atoms with Crippen LogP contribution in [0.4, 0.5) is 0 Å². The standard InChI is InChI=1S/C26H38O3/c1-15(27)24-20(18-5-4-6-23(18)29)14-22-19-8-7-16-13-17(28)9-11-25(16,2)21(19)10-12-26(22,24)3/h7,17-22,24,28H,4-6,8-14H2,1-3H3/t17-,18?,19+,20-,21-,22-,24-,25-,26-/m0/s1. The molecule has 5 rings (SSSR count). The van der Waals surface area contributed by atoms with Gasteiger partial charge in [0, 0.05) is 18.3 Å². The van der Waals surface area contributed by atoms with Crippen molar-refractivity contribution in [1.29, 1.82) is 0 Å². The van der Waals surface area contributed by atoms with Crippen LogP contribution in [0.1, 0.15) is 85.0 Å². The number of rotatable bonds is 2. The van der Waals surface area contributed by atoms with E-state index in [1.54, 1.807) is 6.92 Å². The van der Waals surface area contributed by atoms with Crippen LogP contribution < -0.4 is 0 Å². The van der Waals surface area contributed by atoms with Crippen molar-refractivity contribution in [3.63, 3.8) is 0 Å². The number of fused-ring (bicyclic) bond motifs is 5. The van der Waals surface area contributed by atoms with Crippen LogP contribution in [0.25, 0.3) is 0 Å². The molecule has 3 nitrogen and oxygen atoms in total. The molecule has 0 aromatic rings. The molecule has 0 bridgehead atoms. The first kappa shape index (κ1) is 20.0. The molecule has 9 atom stereocenters. The average Bonchev–Trinajstić information content (AvgIpc) is 3.22. The molecule has 0 heterocycles. The molecule has 1 N–H and O–H groups in total. The van der Waals surface area contributed by atoms with Gasteiger partial charge in [-0.15, -0.1) is 0 Å². The fraction of sp³-hybridized carbons (Fsp3) is 0.846. The summed E-state index contributed by atoms with van der Waals surface area (Å²) in [6, 6.07) is 0. The summed E-state index contributed by atoms with van der Waals surface area (Å²) < 4.78 is 0. The third-order valence-electron chi connectivity index (χ3n) is 10.5. The summed E-state index contributed by atoms with van der Waals surface area (Å²) in [5.74, 6) is 3.14. The first-order valence-corrected chi connectivity index (χ1v) is 12.2. The maximum absolute atomic E-state index is 12.9. The van der Waals surface area contributed by atoms with E-state index < -0.39 is 0 Å². The van der Waals surface area contributed by atoms with Crippen LogP contribution in [0.5, 0.6) is 0 Å². The zero-order valence-electron chi connectivity index (χ0n) is 18.5. The highest BCUT2D eigenvalue weighted by Gasteiger charge is 2.63. The van der Waals surface area contributed by atoms with Crippen molar-refractivity contribution in [3.8, 4) is 0 Å². The van der Waals surface area contributed by atoms with Crippen molar-refractivity contribution in [2.75, 3.05) is 0 Å². The normalized spacial score (nSPS) is 51.8. The highest BCUT2D eigenvalue weighted by Crippen LogP contribution is 2.68. The van der Waals surface area contributed by atoms with E-state index in [2.05, 4.69) is 19.9 Å². The average molecular weight is 399 g/mol. The summed E-state index contributed by atoms with van der Waals surface area (Å²) in [5, 5.41) is 10.2. The van der Waals surface area contributed by atoms with E-state index in [0.29, 0.717) is 29.3 Å². The zero-order chi connectivity index (χ0) is 20.6. The molecule has 0 aliphatic heterocycles. The van der Waals surface area contributed by atoms with Gasteiger partial charge in [0.25, 0.3) is 0 Å². The first-order valence-electron chi connectivity index (χ1n) is 12.2. The van der Waals surface area contributed by atoms with Crippen LogP contribution in [0.15, 0.2) is 11.6 Å². The van der Waals surface area contributed by atoms with Crippen LogP contribution in [0.3, 0.4) is 0 Å². The molecule has 29 heavy (non-hydrogen) atoms. The van der Waals surface area contributed by atoms with Crippen LogP contribution in [0.2, 0.25) is 0 Å². The van der Waals surface area contributed by atoms with Gasteiger partial charge in [-0.2, -0.15) is 0 Å². The lowest BCUT2D eigenvalue weighted by atomic mass is 9.47. The Bertz CT molecular complexity index is 753. The van der Waals surface area contributed by atoms with E-state index in [4.69, 9.17) is 0 Å². The SMILES string of the molecule is CC(=O)[C@H]1[C@H](C2CCCC2=O)C[C@H]2[C@@H]3CC=C4C[C@@H](O)CC[C@]4(C)[C@H]3CC[C@@]21C. The van der Waals surface area contributed by atoms with Crippen LogP contribution in [-0.2, 0) is 9.59 Å². The van der Waals surface area contributed by atoms with Crippen LogP contribution in [0, 0.1) is 46.3 Å². The largest absolute Gasteiger partial charge is 0.393 e. The summed E-state index contributed by atoms with van der Waals surface area (Å²) in [5.41, 5.74) is 1.80. The highest BCUT2D eigenvalue weighted by molar-refractivity contribution is 5.86. The number of carbonyl (C=O) groups is 2. The Morgan fingerprint density at radius 3 is 2.59 bits per heavy atom. The molecule has 0 aromatic heterocycles. The molecule has 5 aliphatic rings. The highest BCUT2D eigenvalue weighted by atomic mass is 16.3. The van der Waals surface area contributed by atoms with Crippen molar-refractivity contribution < 1.29 is 14.7 Å². The van der Waals surface area contributed by atoms with E-state index in [-0.39, 0.29) is 34.7 Å². The Morgan fingerprint density at radius 1 is 1.10 bits per heavy atom. The summed E-state index contributed by atoms with van der Waals surface area (Å²) in [6.45, 7) is 6.64. The van der Waals surface area contributed by atoms with Gasteiger partial charge in [-0.1, -0.05) is 25.5 Å². The van der Waals surface area contributed by atoms with E-state index in [9.17, 15) is 14.7 Å². The monoisotopic (exact) mass is 398 g/mol. The first-order chi connectivity index (χ1) is 13.8. The van der Waals surface area contributed by atoms with Gasteiger partial charge in [0.05, 0.1) is 6.10 Å². The molecule has 0 amide bonds. The minimum Gasteiger partial charge on any atom is -0.393 e. The molecular formula is C26H38O3. The van der Waals surface area contributed by atoms with Crippen LogP contribution >= 0.6 is 0 Å². The minimum absolute atomic E-state index is 0.0659. The van der Waals surface area contributed by atoms with E-state index >= 15 is 0 Å². The Balaban J connectivity index is 1.50. The van der Waals surface area contributed by atoms with Gasteiger partial charge in [-0.3, -0.25) is 9.59 Å². The lowest BCUT2D eigenvalue weighted by Crippen LogP contribution is -2.51. The fourth-order valence-corrected chi connectivity index (χ4v) is 9.20. The second-order valence-corrected chi connectivity index (χ2v) is 11.7. The minimum atomic E-state index is -0.161. The predicted molar refractivity (Wildman–Crippen MR) is 113 cm³/mol. The number of carbonyl (C=O) groups excluding carboxylic acids is 2. The molecule has 0 saturated heterocycles. The van der Waals surface area contributed by atoms with Crippen molar-refractivity contribution >= 4 is 11.6 Å². The number of aliphatic hydroxyl groups excluding tert-OH is 1. The summed E-state index contributed by atoms with van der Waals surface area (Å²) >= 11 is 0. The quantitative estimate of drug-likeness (QED) is 0.658. The molecule has 0 aromatic carbocycles. The second-order valence-electron chi connectivity index (χ2n) is 11.7. The van der Waals surface area contributed by atoms with Gasteiger partial charge < -0.3 is 5.11 Å². The molecule has 1 unspecified atom stereocenters. The lowest BCUT2D eigenvalue weighted by molar-refractivity contribution is -0.131. The molecule has 0 spiro atoms. The number of hydrogen-bond acceptors (Lipinski definition) is 3. The molecule has 4 fully saturated rings. The topological polar surface area (TPSA) is 54.4 Å². The maximum Gasteiger partial charge on any atom is 0.136 e. The molecule has 3 heteroatoms. The van der Waals surface area contributed by atoms with Gasteiger partial charge in [-0.05, 0) is 99.2 Å². The van der Waals surface area contributed by atoms with E-state index in [1.807, 2.05) is 0 Å². The number of allylic oxidation sites excluding steroid dienone is 1. The van der Waals surface area contributed by atoms with Crippen molar-refractivity contribution in [2.24, 2.45) is 46.3 Å². The summed E-state index contributed by atoms with van der Waals surface area (Å²) in [4.78, 5) is 25.6. The third-order valence-corrected chi connectivity index (χ3v) is 10.5. The van der Waals surface area contributed by atoms with Crippen molar-refractivity contribution in [3.05, 3.63) is 11.6 Å².